The molecule has 0 aliphatic rings. The highest BCUT2D eigenvalue weighted by atomic mass is 16.2. The fraction of sp³-hybridized carbons (Fsp3) is 0.806. The Balaban J connectivity index is 0. The highest BCUT2D eigenvalue weighted by Crippen LogP contribution is 2.10. The molecule has 0 aromatic carbocycles. The summed E-state index contributed by atoms with van der Waals surface area (Å²) in [6.45, 7) is 6.95. The second-order valence-corrected chi connectivity index (χ2v) is 9.17. The first-order chi connectivity index (χ1) is 15.8. The zero-order chi connectivity index (χ0) is 23.8. The highest BCUT2D eigenvalue weighted by Gasteiger charge is 1.91. The third-order valence-corrected chi connectivity index (χ3v) is 5.83. The van der Waals surface area contributed by atoms with Crippen LogP contribution < -0.4 is 0 Å². The smallest absolute Gasteiger partial charge is 0.0431 e. The minimum Gasteiger partial charge on any atom is -0.396 e. The van der Waals surface area contributed by atoms with Crippen molar-refractivity contribution in [2.75, 3.05) is 6.61 Å². The molecule has 0 saturated heterocycles. The van der Waals surface area contributed by atoms with Gasteiger partial charge in [-0.05, 0) is 51.9 Å². The van der Waals surface area contributed by atoms with E-state index in [1.165, 1.54) is 128 Å². The fourth-order valence-corrected chi connectivity index (χ4v) is 3.69. The fourth-order valence-electron chi connectivity index (χ4n) is 3.69. The molecule has 0 unspecified atom stereocenters. The molecule has 0 fully saturated rings. The van der Waals surface area contributed by atoms with Crippen LogP contribution in [-0.2, 0) is 0 Å². The van der Waals surface area contributed by atoms with Gasteiger partial charge in [-0.2, -0.15) is 0 Å². The van der Waals surface area contributed by atoms with Gasteiger partial charge in [0.2, 0.25) is 0 Å². The second-order valence-electron chi connectivity index (χ2n) is 9.17. The largest absolute Gasteiger partial charge is 0.396 e. The van der Waals surface area contributed by atoms with Gasteiger partial charge >= 0.3 is 0 Å². The van der Waals surface area contributed by atoms with Gasteiger partial charge in [0, 0.05) is 6.61 Å². The van der Waals surface area contributed by atoms with Crippen molar-refractivity contribution in [2.45, 2.75) is 156 Å². The van der Waals surface area contributed by atoms with Crippen molar-refractivity contribution in [2.24, 2.45) is 0 Å². The summed E-state index contributed by atoms with van der Waals surface area (Å²) in [4.78, 5) is 0. The number of aliphatic hydroxyl groups excluding tert-OH is 1. The second kappa shape index (κ2) is 34.8. The minimum absolute atomic E-state index is 0.366. The van der Waals surface area contributed by atoms with Crippen LogP contribution in [0.4, 0.5) is 0 Å². The maximum absolute atomic E-state index is 8.65. The lowest BCUT2D eigenvalue weighted by Crippen LogP contribution is -1.84. The van der Waals surface area contributed by atoms with Crippen molar-refractivity contribution in [3.05, 3.63) is 36.5 Å². The van der Waals surface area contributed by atoms with E-state index in [0.717, 1.165) is 6.42 Å². The van der Waals surface area contributed by atoms with Gasteiger partial charge in [-0.1, -0.05) is 140 Å². The van der Waals surface area contributed by atoms with Crippen molar-refractivity contribution >= 4 is 0 Å². The molecule has 0 aromatic rings. The molecule has 0 bridgehead atoms. The number of allylic oxidation sites excluding steroid dienone is 6. The van der Waals surface area contributed by atoms with Crippen LogP contribution in [0.3, 0.4) is 0 Å². The van der Waals surface area contributed by atoms with Gasteiger partial charge in [-0.15, -0.1) is 0 Å². The maximum Gasteiger partial charge on any atom is 0.0431 e. The van der Waals surface area contributed by atoms with E-state index in [1.54, 1.807) is 0 Å². The van der Waals surface area contributed by atoms with E-state index >= 15 is 0 Å². The van der Waals surface area contributed by atoms with Crippen LogP contribution in [0.2, 0.25) is 0 Å². The van der Waals surface area contributed by atoms with Gasteiger partial charge < -0.3 is 5.11 Å². The average molecular weight is 449 g/mol. The molecule has 0 spiro atoms. The molecular weight excluding hydrogens is 388 g/mol. The third-order valence-electron chi connectivity index (χ3n) is 5.83. The molecule has 0 amide bonds. The summed E-state index contributed by atoms with van der Waals surface area (Å²) in [6, 6.07) is 0. The predicted octanol–water partition coefficient (Wildman–Crippen LogP) is 10.9. The molecule has 1 nitrogen and oxygen atoms in total. The molecular formula is C31H60O. The van der Waals surface area contributed by atoms with E-state index in [-0.39, 0.29) is 0 Å². The first-order valence-corrected chi connectivity index (χ1v) is 14.4. The number of aliphatic hydroxyl groups is 1. The first-order valence-electron chi connectivity index (χ1n) is 14.4. The summed E-state index contributed by atoms with van der Waals surface area (Å²) in [5, 5.41) is 8.65. The molecule has 0 atom stereocenters. The SMILES string of the molecule is CC=CC=CCCCCCCCCC.CCCCCC=CCCCCCCCCCCO. The molecule has 0 saturated carbocycles. The Morgan fingerprint density at radius 1 is 0.438 bits per heavy atom. The predicted molar refractivity (Wildman–Crippen MR) is 148 cm³/mol. The van der Waals surface area contributed by atoms with Crippen molar-refractivity contribution in [1.82, 2.24) is 0 Å². The summed E-state index contributed by atoms with van der Waals surface area (Å²) in [7, 11) is 0. The Morgan fingerprint density at radius 3 is 1.28 bits per heavy atom. The van der Waals surface area contributed by atoms with E-state index in [0.29, 0.717) is 6.61 Å². The molecule has 0 aliphatic carbocycles. The lowest BCUT2D eigenvalue weighted by Gasteiger charge is -2.00. The van der Waals surface area contributed by atoms with E-state index in [9.17, 15) is 0 Å². The van der Waals surface area contributed by atoms with Crippen LogP contribution in [-0.4, -0.2) is 11.7 Å². The quantitative estimate of drug-likeness (QED) is 0.0935. The standard InChI is InChI=1S/C17H34O.C14H26/c1-2-3-4-5-6-7-8-9-10-11-12-13-14-15-16-17-18;1-3-5-7-9-11-13-14-12-10-8-6-4-2/h6-7,18H,2-5,8-17H2,1H3;3,5,7,9H,4,6,8,10-14H2,1-2H3. The van der Waals surface area contributed by atoms with Crippen LogP contribution in [0.5, 0.6) is 0 Å². The number of unbranched alkanes of at least 4 members (excludes halogenated alkanes) is 18. The summed E-state index contributed by atoms with van der Waals surface area (Å²) in [5.74, 6) is 0. The third kappa shape index (κ3) is 36.5. The van der Waals surface area contributed by atoms with Gasteiger partial charge in [0.25, 0.3) is 0 Å². The maximum atomic E-state index is 8.65. The summed E-state index contributed by atoms with van der Waals surface area (Å²) >= 11 is 0. The van der Waals surface area contributed by atoms with Crippen LogP contribution in [0.1, 0.15) is 156 Å². The molecule has 0 radical (unpaired) electrons. The van der Waals surface area contributed by atoms with Crippen molar-refractivity contribution in [3.8, 4) is 0 Å². The van der Waals surface area contributed by atoms with Gasteiger partial charge in [0.15, 0.2) is 0 Å². The Labute approximate surface area is 203 Å². The Morgan fingerprint density at radius 2 is 0.812 bits per heavy atom. The van der Waals surface area contributed by atoms with Crippen molar-refractivity contribution in [1.29, 1.82) is 0 Å². The molecule has 0 heterocycles. The molecule has 0 rings (SSSR count). The topological polar surface area (TPSA) is 20.2 Å². The highest BCUT2D eigenvalue weighted by molar-refractivity contribution is 5.00. The van der Waals surface area contributed by atoms with E-state index < -0.39 is 0 Å². The molecule has 190 valence electrons. The van der Waals surface area contributed by atoms with Gasteiger partial charge in [0.1, 0.15) is 0 Å². The summed E-state index contributed by atoms with van der Waals surface area (Å²) in [6.07, 6.45) is 41.4. The van der Waals surface area contributed by atoms with Gasteiger partial charge in [0.05, 0.1) is 0 Å². The summed E-state index contributed by atoms with van der Waals surface area (Å²) in [5.41, 5.74) is 0. The molecule has 0 aliphatic heterocycles. The van der Waals surface area contributed by atoms with Gasteiger partial charge in [-0.25, -0.2) is 0 Å². The normalized spacial score (nSPS) is 11.6. The number of hydrogen-bond donors (Lipinski definition) is 1. The van der Waals surface area contributed by atoms with Crippen molar-refractivity contribution < 1.29 is 5.11 Å². The average Bonchev–Trinajstić information content (AvgIpc) is 2.81. The first kappa shape index (κ1) is 33.4. The number of rotatable bonds is 23. The summed E-state index contributed by atoms with van der Waals surface area (Å²) < 4.78 is 0. The lowest BCUT2D eigenvalue weighted by atomic mass is 10.1. The monoisotopic (exact) mass is 448 g/mol. The molecule has 1 heteroatoms. The van der Waals surface area contributed by atoms with Gasteiger partial charge in [-0.3, -0.25) is 0 Å². The minimum atomic E-state index is 0.366. The zero-order valence-corrected chi connectivity index (χ0v) is 22.5. The van der Waals surface area contributed by atoms with Crippen LogP contribution in [0, 0.1) is 0 Å². The van der Waals surface area contributed by atoms with E-state index in [1.807, 2.05) is 0 Å². The molecule has 32 heavy (non-hydrogen) atoms. The van der Waals surface area contributed by atoms with E-state index in [4.69, 9.17) is 5.11 Å². The van der Waals surface area contributed by atoms with E-state index in [2.05, 4.69) is 57.2 Å². The zero-order valence-electron chi connectivity index (χ0n) is 22.5. The number of hydrogen-bond acceptors (Lipinski definition) is 1. The van der Waals surface area contributed by atoms with Crippen LogP contribution in [0.15, 0.2) is 36.5 Å². The lowest BCUT2D eigenvalue weighted by molar-refractivity contribution is 0.282. The van der Waals surface area contributed by atoms with Crippen LogP contribution >= 0.6 is 0 Å². The molecule has 0 aromatic heterocycles. The Hall–Kier alpha value is -0.820. The Bertz CT molecular complexity index is 380. The molecule has 1 N–H and O–H groups in total. The van der Waals surface area contributed by atoms with Crippen molar-refractivity contribution in [3.63, 3.8) is 0 Å². The Kier molecular flexibility index (Phi) is 36.3. The van der Waals surface area contributed by atoms with Crippen LogP contribution in [0.25, 0.3) is 0 Å².